The minimum Gasteiger partial charge on any atom is -0.481 e. The molecule has 2 amide bonds. The number of nitrogens with one attached hydrogen (secondary N) is 3. The van der Waals surface area contributed by atoms with Crippen LogP contribution in [-0.2, 0) is 14.4 Å². The van der Waals surface area contributed by atoms with E-state index >= 15 is 0 Å². The first-order valence-corrected chi connectivity index (χ1v) is 5.85. The predicted molar refractivity (Wildman–Crippen MR) is 68.0 cm³/mol. The molecule has 0 aliphatic heterocycles. The average molecular weight is 281 g/mol. The van der Waals surface area contributed by atoms with Gasteiger partial charge in [-0.3, -0.25) is 14.4 Å². The zero-order valence-corrected chi connectivity index (χ0v) is 10.8. The molecule has 20 heavy (non-hydrogen) atoms. The number of amides is 2. The zero-order chi connectivity index (χ0) is 15.1. The van der Waals surface area contributed by atoms with Crippen LogP contribution in [0.2, 0.25) is 0 Å². The standard InChI is InChI=1S/C12H15N3O5/c1-7(14-12(20)9-3-2-4-13-9)11(19)15-8(6-16)5-10(17)18/h2-4,6-8,13H,5H2,1H3,(H,14,20)(H,15,19)(H,17,18)/t7-,8?/m0/s1. The van der Waals surface area contributed by atoms with Gasteiger partial charge in [-0.05, 0) is 19.1 Å². The summed E-state index contributed by atoms with van der Waals surface area (Å²) in [6, 6.07) is 1.15. The fourth-order valence-corrected chi connectivity index (χ4v) is 1.44. The minimum absolute atomic E-state index is 0.294. The summed E-state index contributed by atoms with van der Waals surface area (Å²) in [5, 5.41) is 13.2. The van der Waals surface area contributed by atoms with Crippen LogP contribution in [0.1, 0.15) is 23.8 Å². The number of aliphatic carboxylic acids is 1. The molecule has 0 fully saturated rings. The maximum absolute atomic E-state index is 11.7. The number of aromatic nitrogens is 1. The third-order valence-electron chi connectivity index (χ3n) is 2.47. The SMILES string of the molecule is C[C@H](NC(=O)c1ccc[nH]1)C(=O)NC(C=O)CC(=O)O. The molecule has 0 saturated heterocycles. The van der Waals surface area contributed by atoms with Gasteiger partial charge in [0.25, 0.3) is 5.91 Å². The first-order valence-electron chi connectivity index (χ1n) is 5.85. The van der Waals surface area contributed by atoms with Crippen molar-refractivity contribution in [2.75, 3.05) is 0 Å². The van der Waals surface area contributed by atoms with Crippen molar-refractivity contribution in [2.45, 2.75) is 25.4 Å². The molecule has 8 nitrogen and oxygen atoms in total. The molecule has 108 valence electrons. The highest BCUT2D eigenvalue weighted by molar-refractivity contribution is 5.96. The van der Waals surface area contributed by atoms with Gasteiger partial charge in [0.1, 0.15) is 18.0 Å². The molecule has 4 N–H and O–H groups in total. The summed E-state index contributed by atoms with van der Waals surface area (Å²) in [6.45, 7) is 1.43. The molecule has 0 aliphatic carbocycles. The maximum atomic E-state index is 11.7. The number of hydrogen-bond acceptors (Lipinski definition) is 4. The van der Waals surface area contributed by atoms with E-state index in [2.05, 4.69) is 15.6 Å². The lowest BCUT2D eigenvalue weighted by molar-refractivity contribution is -0.138. The average Bonchev–Trinajstić information content (AvgIpc) is 2.90. The summed E-state index contributed by atoms with van der Waals surface area (Å²) in [4.78, 5) is 47.2. The molecule has 1 unspecified atom stereocenters. The second kappa shape index (κ2) is 7.07. The van der Waals surface area contributed by atoms with Crippen molar-refractivity contribution in [2.24, 2.45) is 0 Å². The maximum Gasteiger partial charge on any atom is 0.305 e. The Hall–Kier alpha value is -2.64. The van der Waals surface area contributed by atoms with Gasteiger partial charge in [-0.15, -0.1) is 0 Å². The van der Waals surface area contributed by atoms with Gasteiger partial charge in [-0.25, -0.2) is 0 Å². The first kappa shape index (κ1) is 15.4. The lowest BCUT2D eigenvalue weighted by Crippen LogP contribution is -2.49. The molecule has 0 spiro atoms. The number of carbonyl (C=O) groups excluding carboxylic acids is 3. The fraction of sp³-hybridized carbons (Fsp3) is 0.333. The number of aromatic amines is 1. The molecular weight excluding hydrogens is 266 g/mol. The van der Waals surface area contributed by atoms with Crippen LogP contribution in [0.3, 0.4) is 0 Å². The van der Waals surface area contributed by atoms with Crippen molar-refractivity contribution < 1.29 is 24.3 Å². The van der Waals surface area contributed by atoms with Gasteiger partial charge in [-0.1, -0.05) is 0 Å². The zero-order valence-electron chi connectivity index (χ0n) is 10.8. The lowest BCUT2D eigenvalue weighted by Gasteiger charge is -2.16. The van der Waals surface area contributed by atoms with E-state index < -0.39 is 36.3 Å². The summed E-state index contributed by atoms with van der Waals surface area (Å²) < 4.78 is 0. The van der Waals surface area contributed by atoms with Gasteiger partial charge in [0.15, 0.2) is 0 Å². The van der Waals surface area contributed by atoms with E-state index in [1.165, 1.54) is 6.92 Å². The van der Waals surface area contributed by atoms with Crippen molar-refractivity contribution in [1.29, 1.82) is 0 Å². The Balaban J connectivity index is 2.52. The van der Waals surface area contributed by atoms with Gasteiger partial charge in [0, 0.05) is 6.20 Å². The van der Waals surface area contributed by atoms with E-state index in [1.54, 1.807) is 18.3 Å². The Labute approximate surface area is 114 Å². The number of rotatable bonds is 7. The van der Waals surface area contributed by atoms with Gasteiger partial charge in [-0.2, -0.15) is 0 Å². The van der Waals surface area contributed by atoms with Gasteiger partial charge in [0.05, 0.1) is 12.5 Å². The number of carbonyl (C=O) groups is 4. The van der Waals surface area contributed by atoms with E-state index in [-0.39, 0.29) is 0 Å². The first-order chi connectivity index (χ1) is 9.43. The highest BCUT2D eigenvalue weighted by atomic mass is 16.4. The van der Waals surface area contributed by atoms with Crippen LogP contribution < -0.4 is 10.6 Å². The van der Waals surface area contributed by atoms with Crippen molar-refractivity contribution in [3.8, 4) is 0 Å². The molecule has 1 aromatic rings. The molecule has 0 radical (unpaired) electrons. The second-order valence-electron chi connectivity index (χ2n) is 4.13. The Morgan fingerprint density at radius 3 is 2.60 bits per heavy atom. The second-order valence-corrected chi connectivity index (χ2v) is 4.13. The van der Waals surface area contributed by atoms with Crippen LogP contribution in [0, 0.1) is 0 Å². The third kappa shape index (κ3) is 4.56. The van der Waals surface area contributed by atoms with Gasteiger partial charge < -0.3 is 25.5 Å². The van der Waals surface area contributed by atoms with Crippen molar-refractivity contribution in [3.63, 3.8) is 0 Å². The van der Waals surface area contributed by atoms with Crippen molar-refractivity contribution >= 4 is 24.1 Å². The largest absolute Gasteiger partial charge is 0.481 e. The number of H-pyrrole nitrogens is 1. The Bertz CT molecular complexity index is 497. The Morgan fingerprint density at radius 2 is 2.10 bits per heavy atom. The quantitative estimate of drug-likeness (QED) is 0.491. The molecule has 8 heteroatoms. The number of carboxylic acids is 1. The van der Waals surface area contributed by atoms with Crippen molar-refractivity contribution in [3.05, 3.63) is 24.0 Å². The van der Waals surface area contributed by atoms with Crippen LogP contribution in [-0.4, -0.2) is 46.2 Å². The number of hydrogen-bond donors (Lipinski definition) is 4. The predicted octanol–water partition coefficient (Wildman–Crippen LogP) is -0.709. The number of carboxylic acid groups (broad SMARTS) is 1. The third-order valence-corrected chi connectivity index (χ3v) is 2.47. The van der Waals surface area contributed by atoms with E-state index in [9.17, 15) is 19.2 Å². The smallest absolute Gasteiger partial charge is 0.305 e. The molecule has 0 saturated carbocycles. The lowest BCUT2D eigenvalue weighted by atomic mass is 10.2. The molecule has 0 bridgehead atoms. The molecule has 2 atom stereocenters. The number of aldehydes is 1. The van der Waals surface area contributed by atoms with E-state index in [0.29, 0.717) is 12.0 Å². The summed E-state index contributed by atoms with van der Waals surface area (Å²) in [5.74, 6) is -2.31. The van der Waals surface area contributed by atoms with Crippen LogP contribution in [0.5, 0.6) is 0 Å². The fourth-order valence-electron chi connectivity index (χ4n) is 1.44. The molecule has 0 aliphatic rings. The van der Waals surface area contributed by atoms with Crippen LogP contribution in [0.15, 0.2) is 18.3 Å². The van der Waals surface area contributed by atoms with Crippen molar-refractivity contribution in [1.82, 2.24) is 15.6 Å². The van der Waals surface area contributed by atoms with Gasteiger partial charge in [0.2, 0.25) is 5.91 Å². The van der Waals surface area contributed by atoms with Crippen LogP contribution in [0.25, 0.3) is 0 Å². The highest BCUT2D eigenvalue weighted by Gasteiger charge is 2.21. The molecular formula is C12H15N3O5. The summed E-state index contributed by atoms with van der Waals surface area (Å²) in [5.41, 5.74) is 0.294. The van der Waals surface area contributed by atoms with E-state index in [4.69, 9.17) is 5.11 Å². The molecule has 1 heterocycles. The molecule has 1 rings (SSSR count). The Morgan fingerprint density at radius 1 is 1.40 bits per heavy atom. The topological polar surface area (TPSA) is 128 Å². The van der Waals surface area contributed by atoms with Gasteiger partial charge >= 0.3 is 5.97 Å². The summed E-state index contributed by atoms with van der Waals surface area (Å²) in [7, 11) is 0. The summed E-state index contributed by atoms with van der Waals surface area (Å²) >= 11 is 0. The summed E-state index contributed by atoms with van der Waals surface area (Å²) in [6.07, 6.45) is 1.40. The molecule has 1 aromatic heterocycles. The van der Waals surface area contributed by atoms with E-state index in [0.717, 1.165) is 0 Å². The molecule has 0 aromatic carbocycles. The van der Waals surface area contributed by atoms with E-state index in [1.807, 2.05) is 0 Å². The monoisotopic (exact) mass is 281 g/mol. The minimum atomic E-state index is -1.20. The van der Waals surface area contributed by atoms with Crippen LogP contribution in [0.4, 0.5) is 0 Å². The highest BCUT2D eigenvalue weighted by Crippen LogP contribution is 1.96. The Kier molecular flexibility index (Phi) is 5.45. The van der Waals surface area contributed by atoms with Crippen LogP contribution >= 0.6 is 0 Å². The normalized spacial score (nSPS) is 13.1.